The highest BCUT2D eigenvalue weighted by Gasteiger charge is 2.18. The SMILES string of the molecule is CC(CCO)NC(=O)c1sc2cccnc2c1N. The average molecular weight is 265 g/mol. The first-order valence-corrected chi connectivity index (χ1v) is 6.50. The number of aliphatic hydroxyl groups excluding tert-OH is 1. The van der Waals surface area contributed by atoms with E-state index in [1.165, 1.54) is 11.3 Å². The summed E-state index contributed by atoms with van der Waals surface area (Å²) in [5, 5.41) is 11.6. The van der Waals surface area contributed by atoms with Gasteiger partial charge in [-0.2, -0.15) is 0 Å². The second-order valence-electron chi connectivity index (χ2n) is 4.08. The number of fused-ring (bicyclic) bond motifs is 1. The van der Waals surface area contributed by atoms with Gasteiger partial charge in [-0.3, -0.25) is 9.78 Å². The Morgan fingerprint density at radius 2 is 2.44 bits per heavy atom. The summed E-state index contributed by atoms with van der Waals surface area (Å²) in [6, 6.07) is 3.62. The number of carbonyl (C=O) groups is 1. The molecule has 2 heterocycles. The zero-order chi connectivity index (χ0) is 13.1. The smallest absolute Gasteiger partial charge is 0.263 e. The normalized spacial score (nSPS) is 12.6. The fourth-order valence-electron chi connectivity index (χ4n) is 1.67. The molecule has 0 radical (unpaired) electrons. The molecule has 0 aliphatic carbocycles. The summed E-state index contributed by atoms with van der Waals surface area (Å²) in [5.41, 5.74) is 7.02. The summed E-state index contributed by atoms with van der Waals surface area (Å²) in [5.74, 6) is -0.212. The molecule has 0 spiro atoms. The summed E-state index contributed by atoms with van der Waals surface area (Å²) in [6.45, 7) is 1.89. The van der Waals surface area contributed by atoms with Crippen LogP contribution in [-0.2, 0) is 0 Å². The third-order valence-electron chi connectivity index (χ3n) is 2.63. The molecule has 0 aromatic carbocycles. The Hall–Kier alpha value is -1.66. The molecule has 0 aliphatic rings. The lowest BCUT2D eigenvalue weighted by molar-refractivity contribution is 0.0939. The fourth-order valence-corrected chi connectivity index (χ4v) is 2.66. The number of rotatable bonds is 4. The molecular formula is C12H15N3O2S. The fraction of sp³-hybridized carbons (Fsp3) is 0.333. The Labute approximate surface area is 109 Å². The molecule has 96 valence electrons. The van der Waals surface area contributed by atoms with Gasteiger partial charge in [0.15, 0.2) is 0 Å². The van der Waals surface area contributed by atoms with Gasteiger partial charge in [0.2, 0.25) is 0 Å². The van der Waals surface area contributed by atoms with Crippen molar-refractivity contribution in [3.63, 3.8) is 0 Å². The van der Waals surface area contributed by atoms with Gasteiger partial charge in [0.1, 0.15) is 10.4 Å². The number of thiophene rings is 1. The number of hydrogen-bond acceptors (Lipinski definition) is 5. The first-order valence-electron chi connectivity index (χ1n) is 5.68. The lowest BCUT2D eigenvalue weighted by atomic mass is 10.2. The van der Waals surface area contributed by atoms with Gasteiger partial charge in [0.05, 0.1) is 10.4 Å². The number of carbonyl (C=O) groups excluding carboxylic acids is 1. The second kappa shape index (κ2) is 5.32. The minimum atomic E-state index is -0.212. The molecule has 6 heteroatoms. The van der Waals surface area contributed by atoms with Gasteiger partial charge in [-0.25, -0.2) is 0 Å². The summed E-state index contributed by atoms with van der Waals surface area (Å²) in [4.78, 5) is 16.7. The molecular weight excluding hydrogens is 250 g/mol. The molecule has 2 rings (SSSR count). The van der Waals surface area contributed by atoms with Gasteiger partial charge in [0.25, 0.3) is 5.91 Å². The zero-order valence-electron chi connectivity index (χ0n) is 10.0. The predicted molar refractivity (Wildman–Crippen MR) is 72.7 cm³/mol. The van der Waals surface area contributed by atoms with Crippen LogP contribution in [0, 0.1) is 0 Å². The van der Waals surface area contributed by atoms with E-state index in [9.17, 15) is 4.79 Å². The molecule has 2 aromatic rings. The summed E-state index contributed by atoms with van der Waals surface area (Å²) in [7, 11) is 0. The Kier molecular flexibility index (Phi) is 3.78. The summed E-state index contributed by atoms with van der Waals surface area (Å²) in [6.07, 6.45) is 2.18. The third kappa shape index (κ3) is 2.44. The van der Waals surface area contributed by atoms with Crippen molar-refractivity contribution in [1.82, 2.24) is 10.3 Å². The first kappa shape index (κ1) is 12.8. The van der Waals surface area contributed by atoms with Gasteiger partial charge in [-0.05, 0) is 25.5 Å². The van der Waals surface area contributed by atoms with E-state index in [2.05, 4.69) is 10.3 Å². The van der Waals surface area contributed by atoms with E-state index in [1.54, 1.807) is 6.20 Å². The van der Waals surface area contributed by atoms with Crippen LogP contribution in [0.3, 0.4) is 0 Å². The maximum Gasteiger partial charge on any atom is 0.263 e. The second-order valence-corrected chi connectivity index (χ2v) is 5.13. The molecule has 18 heavy (non-hydrogen) atoms. The molecule has 0 saturated heterocycles. The molecule has 0 aliphatic heterocycles. The molecule has 1 amide bonds. The number of pyridine rings is 1. The van der Waals surface area contributed by atoms with Crippen molar-refractivity contribution in [1.29, 1.82) is 0 Å². The van der Waals surface area contributed by atoms with E-state index < -0.39 is 0 Å². The number of anilines is 1. The van der Waals surface area contributed by atoms with Crippen molar-refractivity contribution < 1.29 is 9.90 Å². The van der Waals surface area contributed by atoms with Crippen LogP contribution in [0.15, 0.2) is 18.3 Å². The number of hydrogen-bond donors (Lipinski definition) is 3. The number of amides is 1. The summed E-state index contributed by atoms with van der Waals surface area (Å²) < 4.78 is 0.898. The molecule has 0 fully saturated rings. The molecule has 0 bridgehead atoms. The molecule has 4 N–H and O–H groups in total. The standard InChI is InChI=1S/C12H15N3O2S/c1-7(4-6-16)15-12(17)11-9(13)10-8(18-11)3-2-5-14-10/h2-3,5,7,16H,4,6,13H2,1H3,(H,15,17). The van der Waals surface area contributed by atoms with Gasteiger partial charge in [-0.1, -0.05) is 0 Å². The monoisotopic (exact) mass is 265 g/mol. The quantitative estimate of drug-likeness (QED) is 0.779. The van der Waals surface area contributed by atoms with Crippen LogP contribution in [0.25, 0.3) is 10.2 Å². The van der Waals surface area contributed by atoms with E-state index in [0.717, 1.165) is 4.70 Å². The predicted octanol–water partition coefficient (Wildman–Crippen LogP) is 1.38. The highest BCUT2D eigenvalue weighted by atomic mass is 32.1. The number of nitrogens with one attached hydrogen (secondary N) is 1. The van der Waals surface area contributed by atoms with Crippen molar-refractivity contribution in [3.05, 3.63) is 23.2 Å². The lowest BCUT2D eigenvalue weighted by Crippen LogP contribution is -2.33. The van der Waals surface area contributed by atoms with E-state index in [0.29, 0.717) is 22.5 Å². The third-order valence-corrected chi connectivity index (χ3v) is 3.79. The van der Waals surface area contributed by atoms with Crippen molar-refractivity contribution >= 4 is 33.1 Å². The Balaban J connectivity index is 2.25. The van der Waals surface area contributed by atoms with Crippen molar-refractivity contribution in [2.24, 2.45) is 0 Å². The van der Waals surface area contributed by atoms with Gasteiger partial charge in [0, 0.05) is 18.8 Å². The molecule has 1 unspecified atom stereocenters. The van der Waals surface area contributed by atoms with Crippen LogP contribution in [0.4, 0.5) is 5.69 Å². The maximum absolute atomic E-state index is 12.0. The Morgan fingerprint density at radius 1 is 1.67 bits per heavy atom. The Morgan fingerprint density at radius 3 is 3.11 bits per heavy atom. The van der Waals surface area contributed by atoms with E-state index in [1.807, 2.05) is 19.1 Å². The van der Waals surface area contributed by atoms with Crippen LogP contribution < -0.4 is 11.1 Å². The van der Waals surface area contributed by atoms with E-state index in [-0.39, 0.29) is 18.6 Å². The molecule has 0 saturated carbocycles. The van der Waals surface area contributed by atoms with E-state index >= 15 is 0 Å². The minimum absolute atomic E-state index is 0.0465. The van der Waals surface area contributed by atoms with E-state index in [4.69, 9.17) is 10.8 Å². The summed E-state index contributed by atoms with van der Waals surface area (Å²) >= 11 is 1.33. The molecule has 2 aromatic heterocycles. The van der Waals surface area contributed by atoms with Crippen LogP contribution in [0.1, 0.15) is 23.0 Å². The Bertz CT molecular complexity index is 567. The van der Waals surface area contributed by atoms with Crippen molar-refractivity contribution in [2.45, 2.75) is 19.4 Å². The number of nitrogens with zero attached hydrogens (tertiary/aromatic N) is 1. The topological polar surface area (TPSA) is 88.2 Å². The van der Waals surface area contributed by atoms with Crippen molar-refractivity contribution in [2.75, 3.05) is 12.3 Å². The maximum atomic E-state index is 12.0. The van der Waals surface area contributed by atoms with Gasteiger partial charge in [-0.15, -0.1) is 11.3 Å². The zero-order valence-corrected chi connectivity index (χ0v) is 10.8. The first-order chi connectivity index (χ1) is 8.63. The van der Waals surface area contributed by atoms with Gasteiger partial charge < -0.3 is 16.2 Å². The lowest BCUT2D eigenvalue weighted by Gasteiger charge is -2.11. The highest BCUT2D eigenvalue weighted by Crippen LogP contribution is 2.31. The highest BCUT2D eigenvalue weighted by molar-refractivity contribution is 7.21. The number of aromatic nitrogens is 1. The number of nitrogen functional groups attached to an aromatic ring is 1. The number of aliphatic hydroxyl groups is 1. The average Bonchev–Trinajstić information content (AvgIpc) is 2.68. The van der Waals surface area contributed by atoms with Crippen LogP contribution >= 0.6 is 11.3 Å². The minimum Gasteiger partial charge on any atom is -0.396 e. The van der Waals surface area contributed by atoms with Crippen LogP contribution in [0.2, 0.25) is 0 Å². The van der Waals surface area contributed by atoms with Crippen LogP contribution in [-0.4, -0.2) is 28.6 Å². The van der Waals surface area contributed by atoms with Gasteiger partial charge >= 0.3 is 0 Å². The van der Waals surface area contributed by atoms with Crippen LogP contribution in [0.5, 0.6) is 0 Å². The number of nitrogens with two attached hydrogens (primary N) is 1. The molecule has 1 atom stereocenters. The van der Waals surface area contributed by atoms with Crippen molar-refractivity contribution in [3.8, 4) is 0 Å². The molecule has 5 nitrogen and oxygen atoms in total. The largest absolute Gasteiger partial charge is 0.396 e.